The lowest BCUT2D eigenvalue weighted by atomic mass is 9.92. The highest BCUT2D eigenvalue weighted by Crippen LogP contribution is 2.18. The highest BCUT2D eigenvalue weighted by molar-refractivity contribution is 5.97. The van der Waals surface area contributed by atoms with Crippen LogP contribution in [0.4, 0.5) is 4.79 Å². The summed E-state index contributed by atoms with van der Waals surface area (Å²) in [6.07, 6.45) is 2.90. The molecule has 1 amide bonds. The van der Waals surface area contributed by atoms with E-state index < -0.39 is 11.7 Å². The summed E-state index contributed by atoms with van der Waals surface area (Å²) >= 11 is 0. The maximum atomic E-state index is 11.6. The predicted molar refractivity (Wildman–Crippen MR) is 65.7 cm³/mol. The molecular formula is C12H20N2O3. The smallest absolute Gasteiger partial charge is 0.413 e. The van der Waals surface area contributed by atoms with Gasteiger partial charge in [0.2, 0.25) is 0 Å². The zero-order chi connectivity index (χ0) is 13.1. The summed E-state index contributed by atoms with van der Waals surface area (Å²) in [5, 5.41) is 11.8. The van der Waals surface area contributed by atoms with Crippen LogP contribution in [0, 0.1) is 11.8 Å². The Kier molecular flexibility index (Phi) is 4.28. The van der Waals surface area contributed by atoms with Gasteiger partial charge in [-0.2, -0.15) is 0 Å². The Bertz CT molecular complexity index is 342. The third-order valence-corrected chi connectivity index (χ3v) is 2.46. The summed E-state index contributed by atoms with van der Waals surface area (Å²) in [4.78, 5) is 15.7. The third kappa shape index (κ3) is 4.19. The topological polar surface area (TPSA) is 70.9 Å². The second kappa shape index (κ2) is 5.31. The standard InChI is InChI=1S/C12H20N2O3/c1-8-9(7-15)5-6-13-10(8)14-11(16)17-12(2,3)4/h5-6,8-9,15H,7H2,1-4H3,(H,13,14,16). The number of hydrogen-bond acceptors (Lipinski definition) is 4. The number of aliphatic hydroxyl groups is 1. The van der Waals surface area contributed by atoms with Crippen LogP contribution in [0.15, 0.2) is 17.3 Å². The van der Waals surface area contributed by atoms with Gasteiger partial charge in [0, 0.05) is 18.0 Å². The van der Waals surface area contributed by atoms with Gasteiger partial charge in [0.1, 0.15) is 11.4 Å². The third-order valence-electron chi connectivity index (χ3n) is 2.46. The Balaban J connectivity index is 2.60. The second-order valence-corrected chi connectivity index (χ2v) is 5.12. The van der Waals surface area contributed by atoms with Gasteiger partial charge in [0.15, 0.2) is 0 Å². The molecule has 0 aromatic rings. The van der Waals surface area contributed by atoms with Gasteiger partial charge in [-0.1, -0.05) is 13.0 Å². The van der Waals surface area contributed by atoms with E-state index in [-0.39, 0.29) is 18.4 Å². The molecule has 0 saturated carbocycles. The normalized spacial score (nSPS) is 24.2. The van der Waals surface area contributed by atoms with Gasteiger partial charge in [-0.05, 0) is 20.8 Å². The molecule has 17 heavy (non-hydrogen) atoms. The number of nitrogens with one attached hydrogen (secondary N) is 1. The molecule has 0 spiro atoms. The molecule has 0 aromatic carbocycles. The summed E-state index contributed by atoms with van der Waals surface area (Å²) in [6.45, 7) is 7.34. The molecule has 2 unspecified atom stereocenters. The van der Waals surface area contributed by atoms with E-state index in [1.54, 1.807) is 27.0 Å². The Morgan fingerprint density at radius 3 is 2.76 bits per heavy atom. The Labute approximate surface area is 102 Å². The molecule has 0 saturated heterocycles. The molecular weight excluding hydrogens is 220 g/mol. The summed E-state index contributed by atoms with van der Waals surface area (Å²) in [5.74, 6) is 0.482. The van der Waals surface area contributed by atoms with Crippen molar-refractivity contribution < 1.29 is 14.6 Å². The van der Waals surface area contributed by atoms with E-state index in [0.29, 0.717) is 5.84 Å². The van der Waals surface area contributed by atoms with Gasteiger partial charge < -0.3 is 9.84 Å². The Hall–Kier alpha value is -1.36. The van der Waals surface area contributed by atoms with Gasteiger partial charge in [-0.25, -0.2) is 9.79 Å². The second-order valence-electron chi connectivity index (χ2n) is 5.12. The number of nitrogens with zero attached hydrogens (tertiary/aromatic N) is 1. The fraction of sp³-hybridized carbons (Fsp3) is 0.667. The number of carbonyl (C=O) groups is 1. The molecule has 5 heteroatoms. The van der Waals surface area contributed by atoms with Crippen molar-refractivity contribution in [2.24, 2.45) is 16.8 Å². The number of carbonyl (C=O) groups excluding carboxylic acids is 1. The maximum Gasteiger partial charge on any atom is 0.413 e. The monoisotopic (exact) mass is 240 g/mol. The van der Waals surface area contributed by atoms with Crippen molar-refractivity contribution in [2.75, 3.05) is 6.61 Å². The summed E-state index contributed by atoms with van der Waals surface area (Å²) < 4.78 is 5.14. The quantitative estimate of drug-likeness (QED) is 0.732. The van der Waals surface area contributed by atoms with Gasteiger partial charge in [-0.15, -0.1) is 0 Å². The highest BCUT2D eigenvalue weighted by atomic mass is 16.6. The van der Waals surface area contributed by atoms with Crippen LogP contribution in [-0.2, 0) is 4.74 Å². The molecule has 0 aromatic heterocycles. The molecule has 5 nitrogen and oxygen atoms in total. The van der Waals surface area contributed by atoms with Crippen LogP contribution in [0.3, 0.4) is 0 Å². The number of aliphatic hydroxyl groups excluding tert-OH is 1. The van der Waals surface area contributed by atoms with Gasteiger partial charge in [0.05, 0.1) is 6.61 Å². The minimum absolute atomic E-state index is 0.0163. The van der Waals surface area contributed by atoms with Crippen molar-refractivity contribution >= 4 is 11.9 Å². The molecule has 1 aliphatic rings. The van der Waals surface area contributed by atoms with Crippen molar-refractivity contribution in [1.82, 2.24) is 5.32 Å². The first-order valence-electron chi connectivity index (χ1n) is 5.68. The Morgan fingerprint density at radius 2 is 2.24 bits per heavy atom. The number of hydrogen-bond donors (Lipinski definition) is 2. The van der Waals surface area contributed by atoms with Crippen molar-refractivity contribution in [3.8, 4) is 0 Å². The fourth-order valence-corrected chi connectivity index (χ4v) is 1.49. The fourth-order valence-electron chi connectivity index (χ4n) is 1.49. The predicted octanol–water partition coefficient (Wildman–Crippen LogP) is 1.68. The van der Waals surface area contributed by atoms with Crippen LogP contribution in [0.25, 0.3) is 0 Å². The van der Waals surface area contributed by atoms with E-state index in [4.69, 9.17) is 9.84 Å². The van der Waals surface area contributed by atoms with E-state index in [1.165, 1.54) is 0 Å². The minimum Gasteiger partial charge on any atom is -0.444 e. The number of amides is 1. The van der Waals surface area contributed by atoms with Crippen molar-refractivity contribution in [1.29, 1.82) is 0 Å². The molecule has 0 fully saturated rings. The van der Waals surface area contributed by atoms with Crippen LogP contribution in [0.1, 0.15) is 27.7 Å². The zero-order valence-corrected chi connectivity index (χ0v) is 10.7. The van der Waals surface area contributed by atoms with Crippen molar-refractivity contribution in [3.63, 3.8) is 0 Å². The van der Waals surface area contributed by atoms with E-state index in [1.807, 2.05) is 13.0 Å². The highest BCUT2D eigenvalue weighted by Gasteiger charge is 2.25. The first-order chi connectivity index (χ1) is 7.83. The van der Waals surface area contributed by atoms with E-state index in [2.05, 4.69) is 10.3 Å². The molecule has 1 rings (SSSR count). The van der Waals surface area contributed by atoms with Crippen LogP contribution < -0.4 is 5.32 Å². The molecule has 2 atom stereocenters. The maximum absolute atomic E-state index is 11.6. The van der Waals surface area contributed by atoms with E-state index in [9.17, 15) is 4.79 Å². The average Bonchev–Trinajstić information content (AvgIpc) is 2.18. The SMILES string of the molecule is CC1C(NC(=O)OC(C)(C)C)=NC=CC1CO. The molecule has 2 N–H and O–H groups in total. The first kappa shape index (κ1) is 13.7. The van der Waals surface area contributed by atoms with Gasteiger partial charge >= 0.3 is 6.09 Å². The molecule has 0 aliphatic carbocycles. The van der Waals surface area contributed by atoms with Gasteiger partial charge in [0.25, 0.3) is 0 Å². The first-order valence-corrected chi connectivity index (χ1v) is 5.68. The van der Waals surface area contributed by atoms with Crippen LogP contribution in [0.5, 0.6) is 0 Å². The number of aliphatic imine (C=N–C) groups is 1. The lowest BCUT2D eigenvalue weighted by Gasteiger charge is -2.25. The largest absolute Gasteiger partial charge is 0.444 e. The molecule has 1 heterocycles. The summed E-state index contributed by atoms with van der Waals surface area (Å²) in [5.41, 5.74) is -0.533. The van der Waals surface area contributed by atoms with Crippen molar-refractivity contribution in [3.05, 3.63) is 12.3 Å². The van der Waals surface area contributed by atoms with E-state index >= 15 is 0 Å². The lowest BCUT2D eigenvalue weighted by molar-refractivity contribution is 0.0559. The average molecular weight is 240 g/mol. The Morgan fingerprint density at radius 1 is 1.59 bits per heavy atom. The number of rotatable bonds is 1. The summed E-state index contributed by atoms with van der Waals surface area (Å²) in [6, 6.07) is 0. The number of alkyl carbamates (subject to hydrolysis) is 1. The van der Waals surface area contributed by atoms with Gasteiger partial charge in [-0.3, -0.25) is 5.32 Å². The van der Waals surface area contributed by atoms with Crippen LogP contribution >= 0.6 is 0 Å². The zero-order valence-electron chi connectivity index (χ0n) is 10.7. The molecule has 1 aliphatic heterocycles. The molecule has 0 bridgehead atoms. The molecule has 96 valence electrons. The van der Waals surface area contributed by atoms with Crippen LogP contribution in [-0.4, -0.2) is 29.2 Å². The molecule has 0 radical (unpaired) electrons. The minimum atomic E-state index is -0.533. The number of amidine groups is 1. The number of ether oxygens (including phenoxy) is 1. The van der Waals surface area contributed by atoms with Crippen molar-refractivity contribution in [2.45, 2.75) is 33.3 Å². The van der Waals surface area contributed by atoms with Crippen LogP contribution in [0.2, 0.25) is 0 Å². The van der Waals surface area contributed by atoms with E-state index in [0.717, 1.165) is 0 Å². The summed E-state index contributed by atoms with van der Waals surface area (Å²) in [7, 11) is 0. The lowest BCUT2D eigenvalue weighted by Crippen LogP contribution is -2.41.